The lowest BCUT2D eigenvalue weighted by Gasteiger charge is -2.12. The molecule has 0 N–H and O–H groups in total. The highest BCUT2D eigenvalue weighted by atomic mass is 16.5. The highest BCUT2D eigenvalue weighted by Crippen LogP contribution is 2.32. The van der Waals surface area contributed by atoms with Crippen molar-refractivity contribution in [1.29, 1.82) is 0 Å². The molecule has 0 atom stereocenters. The van der Waals surface area contributed by atoms with E-state index in [4.69, 9.17) is 9.47 Å². The van der Waals surface area contributed by atoms with Gasteiger partial charge >= 0.3 is 0 Å². The minimum absolute atomic E-state index is 0.490. The molecule has 5 heteroatoms. The molecule has 0 saturated carbocycles. The molecular formula is C21H19N3O2. The first-order valence-corrected chi connectivity index (χ1v) is 8.41. The molecule has 0 bridgehead atoms. The number of benzene rings is 2. The molecule has 5 nitrogen and oxygen atoms in total. The van der Waals surface area contributed by atoms with E-state index in [0.717, 1.165) is 28.2 Å². The molecule has 4 aromatic rings. The van der Waals surface area contributed by atoms with Crippen LogP contribution in [0.5, 0.6) is 11.5 Å². The van der Waals surface area contributed by atoms with Gasteiger partial charge in [-0.3, -0.25) is 4.40 Å². The van der Waals surface area contributed by atoms with Gasteiger partial charge < -0.3 is 9.47 Å². The number of rotatable bonds is 5. The normalized spacial score (nSPS) is 10.8. The monoisotopic (exact) mass is 345 g/mol. The van der Waals surface area contributed by atoms with Crippen molar-refractivity contribution in [3.05, 3.63) is 78.0 Å². The predicted molar refractivity (Wildman–Crippen MR) is 100 cm³/mol. The molecule has 0 aliphatic rings. The molecule has 2 heterocycles. The van der Waals surface area contributed by atoms with E-state index in [0.29, 0.717) is 18.1 Å². The topological polar surface area (TPSA) is 48.7 Å². The largest absolute Gasteiger partial charge is 0.493 e. The summed E-state index contributed by atoms with van der Waals surface area (Å²) in [5.74, 6) is 2.14. The van der Waals surface area contributed by atoms with Gasteiger partial charge in [0.2, 0.25) is 0 Å². The van der Waals surface area contributed by atoms with Crippen molar-refractivity contribution in [1.82, 2.24) is 14.6 Å². The molecule has 2 aromatic carbocycles. The van der Waals surface area contributed by atoms with Gasteiger partial charge in [0, 0.05) is 11.8 Å². The third kappa shape index (κ3) is 3.11. The molecule has 0 aliphatic heterocycles. The van der Waals surface area contributed by atoms with Crippen LogP contribution in [0, 0.1) is 6.92 Å². The number of pyridine rings is 1. The van der Waals surface area contributed by atoms with E-state index in [-0.39, 0.29) is 0 Å². The Bertz CT molecular complexity index is 1040. The number of hydrogen-bond donors (Lipinski definition) is 0. The van der Waals surface area contributed by atoms with Gasteiger partial charge in [-0.2, -0.15) is 0 Å². The fraction of sp³-hybridized carbons (Fsp3) is 0.143. The SMILES string of the molecule is COc1cc(-c2nnc3ccc(C)cn23)ccc1OCc1ccccc1. The lowest BCUT2D eigenvalue weighted by atomic mass is 10.2. The van der Waals surface area contributed by atoms with Crippen molar-refractivity contribution in [3.63, 3.8) is 0 Å². The number of nitrogens with zero attached hydrogens (tertiary/aromatic N) is 3. The zero-order valence-corrected chi connectivity index (χ0v) is 14.7. The second kappa shape index (κ2) is 6.88. The van der Waals surface area contributed by atoms with Crippen molar-refractivity contribution in [2.75, 3.05) is 7.11 Å². The Kier molecular flexibility index (Phi) is 4.27. The van der Waals surface area contributed by atoms with Crippen molar-refractivity contribution in [2.45, 2.75) is 13.5 Å². The standard InChI is InChI=1S/C21H19N3O2/c1-15-8-11-20-22-23-21(24(20)13-15)17-9-10-18(19(12-17)25-2)26-14-16-6-4-3-5-7-16/h3-13H,14H2,1-2H3. The number of aryl methyl sites for hydroxylation is 1. The van der Waals surface area contributed by atoms with Crippen LogP contribution in [0.15, 0.2) is 66.9 Å². The molecule has 2 aromatic heterocycles. The molecule has 0 spiro atoms. The first-order valence-electron chi connectivity index (χ1n) is 8.41. The summed E-state index contributed by atoms with van der Waals surface area (Å²) in [6.45, 7) is 2.54. The highest BCUT2D eigenvalue weighted by molar-refractivity contribution is 5.64. The smallest absolute Gasteiger partial charge is 0.168 e. The van der Waals surface area contributed by atoms with E-state index in [1.54, 1.807) is 7.11 Å². The van der Waals surface area contributed by atoms with Gasteiger partial charge in [0.1, 0.15) is 6.61 Å². The van der Waals surface area contributed by atoms with Crippen LogP contribution in [0.1, 0.15) is 11.1 Å². The van der Waals surface area contributed by atoms with Crippen molar-refractivity contribution in [2.24, 2.45) is 0 Å². The molecule has 0 fully saturated rings. The number of ether oxygens (including phenoxy) is 2. The summed E-state index contributed by atoms with van der Waals surface area (Å²) < 4.78 is 13.4. The van der Waals surface area contributed by atoms with Crippen LogP contribution in [-0.4, -0.2) is 21.7 Å². The van der Waals surface area contributed by atoms with Crippen LogP contribution in [0.25, 0.3) is 17.0 Å². The van der Waals surface area contributed by atoms with Crippen LogP contribution in [0.2, 0.25) is 0 Å². The summed E-state index contributed by atoms with van der Waals surface area (Å²) in [6, 6.07) is 19.8. The van der Waals surface area contributed by atoms with Crippen LogP contribution >= 0.6 is 0 Å². The number of fused-ring (bicyclic) bond motifs is 1. The van der Waals surface area contributed by atoms with E-state index in [9.17, 15) is 0 Å². The fourth-order valence-electron chi connectivity index (χ4n) is 2.86. The molecule has 0 aliphatic carbocycles. The third-order valence-corrected chi connectivity index (χ3v) is 4.21. The summed E-state index contributed by atoms with van der Waals surface area (Å²) in [5.41, 5.74) is 3.99. The number of methoxy groups -OCH3 is 1. The summed E-state index contributed by atoms with van der Waals surface area (Å²) in [5, 5.41) is 8.55. The van der Waals surface area contributed by atoms with E-state index >= 15 is 0 Å². The zero-order valence-electron chi connectivity index (χ0n) is 14.7. The van der Waals surface area contributed by atoms with E-state index in [1.165, 1.54) is 0 Å². The molecule has 0 saturated heterocycles. The Balaban J connectivity index is 1.65. The molecule has 130 valence electrons. The summed E-state index contributed by atoms with van der Waals surface area (Å²) >= 11 is 0. The summed E-state index contributed by atoms with van der Waals surface area (Å²) in [6.07, 6.45) is 2.02. The first kappa shape index (κ1) is 16.1. The van der Waals surface area contributed by atoms with E-state index in [1.807, 2.05) is 78.2 Å². The maximum atomic E-state index is 5.93. The van der Waals surface area contributed by atoms with Crippen LogP contribution in [0.3, 0.4) is 0 Å². The summed E-state index contributed by atoms with van der Waals surface area (Å²) in [7, 11) is 1.64. The second-order valence-electron chi connectivity index (χ2n) is 6.10. The van der Waals surface area contributed by atoms with Crippen LogP contribution < -0.4 is 9.47 Å². The molecule has 4 rings (SSSR count). The van der Waals surface area contributed by atoms with Gasteiger partial charge in [0.25, 0.3) is 0 Å². The van der Waals surface area contributed by atoms with Crippen LogP contribution in [-0.2, 0) is 6.61 Å². The fourth-order valence-corrected chi connectivity index (χ4v) is 2.86. The second-order valence-corrected chi connectivity index (χ2v) is 6.10. The van der Waals surface area contributed by atoms with Gasteiger partial charge in [-0.1, -0.05) is 36.4 Å². The van der Waals surface area contributed by atoms with E-state index in [2.05, 4.69) is 10.2 Å². The molecule has 26 heavy (non-hydrogen) atoms. The van der Waals surface area contributed by atoms with Gasteiger partial charge in [0.05, 0.1) is 7.11 Å². The average molecular weight is 345 g/mol. The van der Waals surface area contributed by atoms with Gasteiger partial charge in [-0.05, 0) is 42.3 Å². The van der Waals surface area contributed by atoms with E-state index < -0.39 is 0 Å². The minimum Gasteiger partial charge on any atom is -0.493 e. The minimum atomic E-state index is 0.490. The highest BCUT2D eigenvalue weighted by Gasteiger charge is 2.12. The maximum Gasteiger partial charge on any atom is 0.168 e. The lowest BCUT2D eigenvalue weighted by Crippen LogP contribution is -1.98. The number of aromatic nitrogens is 3. The maximum absolute atomic E-state index is 5.93. The Morgan fingerprint density at radius 3 is 2.58 bits per heavy atom. The Morgan fingerprint density at radius 2 is 1.77 bits per heavy atom. The van der Waals surface area contributed by atoms with Crippen LogP contribution in [0.4, 0.5) is 0 Å². The van der Waals surface area contributed by atoms with Crippen molar-refractivity contribution in [3.8, 4) is 22.9 Å². The lowest BCUT2D eigenvalue weighted by molar-refractivity contribution is 0.284. The molecular weight excluding hydrogens is 326 g/mol. The zero-order chi connectivity index (χ0) is 17.9. The predicted octanol–water partition coefficient (Wildman–Crippen LogP) is 4.29. The van der Waals surface area contributed by atoms with Gasteiger partial charge in [-0.15, -0.1) is 10.2 Å². The number of hydrogen-bond acceptors (Lipinski definition) is 4. The van der Waals surface area contributed by atoms with Gasteiger partial charge in [0.15, 0.2) is 23.0 Å². The van der Waals surface area contributed by atoms with Crippen molar-refractivity contribution >= 4 is 5.65 Å². The van der Waals surface area contributed by atoms with Crippen molar-refractivity contribution < 1.29 is 9.47 Å². The van der Waals surface area contributed by atoms with Gasteiger partial charge in [-0.25, -0.2) is 0 Å². The average Bonchev–Trinajstić information content (AvgIpc) is 3.10. The Hall–Kier alpha value is -3.34. The summed E-state index contributed by atoms with van der Waals surface area (Å²) in [4.78, 5) is 0. The molecule has 0 radical (unpaired) electrons. The Labute approximate surface area is 151 Å². The third-order valence-electron chi connectivity index (χ3n) is 4.21. The quantitative estimate of drug-likeness (QED) is 0.541. The Morgan fingerprint density at radius 1 is 0.923 bits per heavy atom. The molecule has 0 amide bonds. The first-order chi connectivity index (χ1) is 12.7. The molecule has 0 unspecified atom stereocenters.